The van der Waals surface area contributed by atoms with Crippen molar-refractivity contribution in [3.05, 3.63) is 0 Å². The standard InChI is InChI=1S/C15H22F3NO4/c1-23-14(15(16,17)18)4-9(5-14)13(22)19-6-8-2-7-3-10(8)12(21)11(7)20/h7-12,20-21H,2-6H2,1H3,(H,19,22)/t7-,8-,9?,10-,11+,12-,14?/m0/s1. The summed E-state index contributed by atoms with van der Waals surface area (Å²) in [5, 5.41) is 22.3. The molecule has 132 valence electrons. The molecule has 3 rings (SSSR count). The number of carbonyl (C=O) groups excluding carboxylic acids is 1. The van der Waals surface area contributed by atoms with Gasteiger partial charge in [0.1, 0.15) is 0 Å². The van der Waals surface area contributed by atoms with Crippen LogP contribution in [-0.2, 0) is 9.53 Å². The van der Waals surface area contributed by atoms with Gasteiger partial charge in [0.15, 0.2) is 5.60 Å². The molecule has 0 heterocycles. The quantitative estimate of drug-likeness (QED) is 0.710. The highest BCUT2D eigenvalue weighted by Gasteiger charge is 2.64. The average molecular weight is 337 g/mol. The maximum atomic E-state index is 12.9. The molecular formula is C15H22F3NO4. The highest BCUT2D eigenvalue weighted by atomic mass is 19.4. The summed E-state index contributed by atoms with van der Waals surface area (Å²) in [6.45, 7) is 0.340. The molecule has 3 aliphatic rings. The van der Waals surface area contributed by atoms with Crippen molar-refractivity contribution in [3.63, 3.8) is 0 Å². The molecule has 2 bridgehead atoms. The van der Waals surface area contributed by atoms with Gasteiger partial charge in [0, 0.05) is 19.6 Å². The van der Waals surface area contributed by atoms with E-state index >= 15 is 0 Å². The van der Waals surface area contributed by atoms with Gasteiger partial charge in [-0.2, -0.15) is 13.2 Å². The zero-order chi connectivity index (χ0) is 17.0. The van der Waals surface area contributed by atoms with Crippen LogP contribution in [0.25, 0.3) is 0 Å². The van der Waals surface area contributed by atoms with E-state index in [2.05, 4.69) is 10.1 Å². The second-order valence-corrected chi connectivity index (χ2v) is 7.18. The van der Waals surface area contributed by atoms with Crippen molar-refractivity contribution in [3.8, 4) is 0 Å². The van der Waals surface area contributed by atoms with Gasteiger partial charge in [-0.05, 0) is 43.4 Å². The molecular weight excluding hydrogens is 315 g/mol. The van der Waals surface area contributed by atoms with Gasteiger partial charge < -0.3 is 20.3 Å². The van der Waals surface area contributed by atoms with Crippen LogP contribution in [0.5, 0.6) is 0 Å². The summed E-state index contributed by atoms with van der Waals surface area (Å²) in [7, 11) is 1.02. The Hall–Kier alpha value is -0.860. The minimum atomic E-state index is -4.47. The van der Waals surface area contributed by atoms with Crippen LogP contribution in [0, 0.1) is 23.7 Å². The van der Waals surface area contributed by atoms with Gasteiger partial charge in [0.25, 0.3) is 0 Å². The highest BCUT2D eigenvalue weighted by Crippen LogP contribution is 2.51. The first kappa shape index (κ1) is 17.0. The number of ether oxygens (including phenoxy) is 1. The van der Waals surface area contributed by atoms with Gasteiger partial charge >= 0.3 is 6.18 Å². The third kappa shape index (κ3) is 2.64. The molecule has 3 N–H and O–H groups in total. The Bertz CT molecular complexity index is 476. The summed E-state index contributed by atoms with van der Waals surface area (Å²) in [6, 6.07) is 0. The van der Waals surface area contributed by atoms with Crippen molar-refractivity contribution in [2.24, 2.45) is 23.7 Å². The summed E-state index contributed by atoms with van der Waals surface area (Å²) in [5.41, 5.74) is -2.19. The summed E-state index contributed by atoms with van der Waals surface area (Å²) in [4.78, 5) is 12.0. The molecule has 8 heteroatoms. The number of aliphatic hydroxyl groups excluding tert-OH is 2. The Morgan fingerprint density at radius 2 is 1.91 bits per heavy atom. The van der Waals surface area contributed by atoms with Crippen LogP contribution in [0.3, 0.4) is 0 Å². The number of methoxy groups -OCH3 is 1. The predicted octanol–water partition coefficient (Wildman–Crippen LogP) is 0.838. The maximum Gasteiger partial charge on any atom is 0.417 e. The molecule has 0 radical (unpaired) electrons. The fourth-order valence-corrected chi connectivity index (χ4v) is 4.48. The number of nitrogens with one attached hydrogen (secondary N) is 1. The van der Waals surface area contributed by atoms with E-state index < -0.39 is 29.9 Å². The molecule has 23 heavy (non-hydrogen) atoms. The first-order valence-electron chi connectivity index (χ1n) is 7.94. The number of hydrogen-bond donors (Lipinski definition) is 3. The van der Waals surface area contributed by atoms with Crippen molar-refractivity contribution in [1.82, 2.24) is 5.32 Å². The third-order valence-corrected chi connectivity index (χ3v) is 6.03. The fourth-order valence-electron chi connectivity index (χ4n) is 4.48. The molecule has 0 aromatic rings. The molecule has 1 amide bonds. The second kappa shape index (κ2) is 5.60. The zero-order valence-corrected chi connectivity index (χ0v) is 12.8. The first-order chi connectivity index (χ1) is 10.7. The van der Waals surface area contributed by atoms with Crippen molar-refractivity contribution in [1.29, 1.82) is 0 Å². The number of hydrogen-bond acceptors (Lipinski definition) is 4. The van der Waals surface area contributed by atoms with Crippen LogP contribution in [-0.4, -0.2) is 53.8 Å². The maximum absolute atomic E-state index is 12.9. The van der Waals surface area contributed by atoms with E-state index in [0.29, 0.717) is 6.54 Å². The molecule has 0 aromatic heterocycles. The number of carbonyl (C=O) groups is 1. The number of fused-ring (bicyclic) bond motifs is 2. The van der Waals surface area contributed by atoms with E-state index in [-0.39, 0.29) is 36.5 Å². The number of rotatable bonds is 4. The van der Waals surface area contributed by atoms with Crippen molar-refractivity contribution >= 4 is 5.91 Å². The molecule has 3 fully saturated rings. The van der Waals surface area contributed by atoms with Gasteiger partial charge in [-0.25, -0.2) is 0 Å². The summed E-state index contributed by atoms with van der Waals surface area (Å²) >= 11 is 0. The Morgan fingerprint density at radius 3 is 2.39 bits per heavy atom. The lowest BCUT2D eigenvalue weighted by atomic mass is 9.69. The second-order valence-electron chi connectivity index (χ2n) is 7.18. The number of aliphatic hydroxyl groups is 2. The topological polar surface area (TPSA) is 78.8 Å². The molecule has 5 nitrogen and oxygen atoms in total. The van der Waals surface area contributed by atoms with Gasteiger partial charge in [0.2, 0.25) is 5.91 Å². The van der Waals surface area contributed by atoms with Crippen LogP contribution >= 0.6 is 0 Å². The van der Waals surface area contributed by atoms with E-state index in [4.69, 9.17) is 0 Å². The summed E-state index contributed by atoms with van der Waals surface area (Å²) in [6.07, 6.45) is -5.14. The Morgan fingerprint density at radius 1 is 1.26 bits per heavy atom. The normalized spacial score (nSPS) is 45.8. The molecule has 5 atom stereocenters. The lowest BCUT2D eigenvalue weighted by Gasteiger charge is -2.46. The minimum absolute atomic E-state index is 0.0371. The first-order valence-corrected chi connectivity index (χ1v) is 7.94. The van der Waals surface area contributed by atoms with E-state index in [1.807, 2.05) is 0 Å². The van der Waals surface area contributed by atoms with Crippen LogP contribution < -0.4 is 5.32 Å². The summed E-state index contributed by atoms with van der Waals surface area (Å²) < 4.78 is 43.3. The van der Waals surface area contributed by atoms with Crippen molar-refractivity contribution in [2.75, 3.05) is 13.7 Å². The SMILES string of the molecule is COC1(C(F)(F)F)CC(C(=O)NC[C@@H]2C[C@H]3C[C@@H]2[C@H](O)[C@@H]3O)C1. The zero-order valence-electron chi connectivity index (χ0n) is 12.8. The van der Waals surface area contributed by atoms with Gasteiger partial charge in [0.05, 0.1) is 12.2 Å². The largest absolute Gasteiger partial charge is 0.417 e. The fraction of sp³-hybridized carbons (Fsp3) is 0.933. The van der Waals surface area contributed by atoms with Crippen molar-refractivity contribution < 1.29 is 32.9 Å². The van der Waals surface area contributed by atoms with Crippen LogP contribution in [0.15, 0.2) is 0 Å². The molecule has 0 aliphatic heterocycles. The molecule has 3 aliphatic carbocycles. The molecule has 0 saturated heterocycles. The minimum Gasteiger partial charge on any atom is -0.390 e. The van der Waals surface area contributed by atoms with Gasteiger partial charge in [-0.3, -0.25) is 4.79 Å². The Kier molecular flexibility index (Phi) is 4.13. The van der Waals surface area contributed by atoms with Crippen LogP contribution in [0.1, 0.15) is 25.7 Å². The lowest BCUT2D eigenvalue weighted by molar-refractivity contribution is -0.305. The lowest BCUT2D eigenvalue weighted by Crippen LogP contribution is -2.60. The number of alkyl halides is 3. The van der Waals surface area contributed by atoms with E-state index in [9.17, 15) is 28.2 Å². The smallest absolute Gasteiger partial charge is 0.390 e. The third-order valence-electron chi connectivity index (χ3n) is 6.03. The van der Waals surface area contributed by atoms with Gasteiger partial charge in [-0.15, -0.1) is 0 Å². The highest BCUT2D eigenvalue weighted by molar-refractivity contribution is 5.80. The molecule has 0 aromatic carbocycles. The van der Waals surface area contributed by atoms with Gasteiger partial charge in [-0.1, -0.05) is 0 Å². The molecule has 0 spiro atoms. The average Bonchev–Trinajstić information content (AvgIpc) is 2.95. The predicted molar refractivity (Wildman–Crippen MR) is 73.2 cm³/mol. The van der Waals surface area contributed by atoms with E-state index in [0.717, 1.165) is 20.0 Å². The van der Waals surface area contributed by atoms with Crippen LogP contribution in [0.2, 0.25) is 0 Å². The Labute approximate surface area is 132 Å². The molecule has 0 unspecified atom stereocenters. The number of amides is 1. The molecule has 3 saturated carbocycles. The van der Waals surface area contributed by atoms with E-state index in [1.54, 1.807) is 0 Å². The van der Waals surface area contributed by atoms with Crippen molar-refractivity contribution in [2.45, 2.75) is 49.7 Å². The Balaban J connectivity index is 1.47. The van der Waals surface area contributed by atoms with E-state index in [1.165, 1.54) is 0 Å². The monoisotopic (exact) mass is 337 g/mol. The summed E-state index contributed by atoms with van der Waals surface area (Å²) in [5.74, 6) is -0.973. The van der Waals surface area contributed by atoms with Crippen LogP contribution in [0.4, 0.5) is 13.2 Å². The number of halogens is 3.